The Kier molecular flexibility index (Phi) is 5.49. The van der Waals surface area contributed by atoms with E-state index >= 15 is 0 Å². The van der Waals surface area contributed by atoms with Crippen LogP contribution in [0.2, 0.25) is 0 Å². The second-order valence-corrected chi connectivity index (χ2v) is 5.73. The smallest absolute Gasteiger partial charge is 0.339 e. The van der Waals surface area contributed by atoms with Gasteiger partial charge in [0.2, 0.25) is 17.6 Å². The predicted octanol–water partition coefficient (Wildman–Crippen LogP) is 4.11. The summed E-state index contributed by atoms with van der Waals surface area (Å²) in [6.07, 6.45) is -0.307. The van der Waals surface area contributed by atoms with Crippen molar-refractivity contribution >= 4 is 11.6 Å². The van der Waals surface area contributed by atoms with Gasteiger partial charge in [0.25, 0.3) is 0 Å². The number of alkyl halides is 3. The standard InChI is InChI=1S/C18H15F3N4O2/c19-18(20,21)13-3-1-4-14(11-13)23-15(26)5-2-6-16-24-17(25-27-16)12-7-9-22-10-8-12/h1,3-4,7-11H,2,5-6H2,(H,23,26). The molecule has 1 aromatic carbocycles. The number of benzene rings is 1. The number of aromatic nitrogens is 3. The summed E-state index contributed by atoms with van der Waals surface area (Å²) in [6.45, 7) is 0. The maximum absolute atomic E-state index is 12.7. The Morgan fingerprint density at radius 1 is 1.15 bits per heavy atom. The van der Waals surface area contributed by atoms with Crippen molar-refractivity contribution in [3.8, 4) is 11.4 Å². The minimum absolute atomic E-state index is 0.104. The highest BCUT2D eigenvalue weighted by molar-refractivity contribution is 5.90. The van der Waals surface area contributed by atoms with Crippen LogP contribution in [0.15, 0.2) is 53.3 Å². The van der Waals surface area contributed by atoms with Gasteiger partial charge in [-0.05, 0) is 36.8 Å². The van der Waals surface area contributed by atoms with Gasteiger partial charge in [0.05, 0.1) is 5.56 Å². The van der Waals surface area contributed by atoms with Crippen molar-refractivity contribution in [3.63, 3.8) is 0 Å². The molecule has 0 bridgehead atoms. The molecule has 1 amide bonds. The van der Waals surface area contributed by atoms with E-state index in [-0.39, 0.29) is 18.0 Å². The molecule has 3 rings (SSSR count). The quantitative estimate of drug-likeness (QED) is 0.700. The lowest BCUT2D eigenvalue weighted by atomic mass is 10.2. The summed E-state index contributed by atoms with van der Waals surface area (Å²) < 4.78 is 43.2. The number of carbonyl (C=O) groups excluding carboxylic acids is 1. The van der Waals surface area contributed by atoms with E-state index in [2.05, 4.69) is 20.4 Å². The molecule has 2 aromatic heterocycles. The molecule has 9 heteroatoms. The molecule has 0 spiro atoms. The molecule has 0 aliphatic heterocycles. The number of nitrogens with zero attached hydrogens (tertiary/aromatic N) is 3. The fourth-order valence-corrected chi connectivity index (χ4v) is 2.37. The molecule has 0 aliphatic carbocycles. The highest BCUT2D eigenvalue weighted by Gasteiger charge is 2.30. The van der Waals surface area contributed by atoms with Crippen molar-refractivity contribution in [2.75, 3.05) is 5.32 Å². The van der Waals surface area contributed by atoms with Crippen molar-refractivity contribution in [3.05, 3.63) is 60.2 Å². The van der Waals surface area contributed by atoms with E-state index < -0.39 is 11.7 Å². The Hall–Kier alpha value is -3.23. The summed E-state index contributed by atoms with van der Waals surface area (Å²) in [5.41, 5.74) is 0.0599. The summed E-state index contributed by atoms with van der Waals surface area (Å²) in [4.78, 5) is 20.1. The van der Waals surface area contributed by atoms with Gasteiger partial charge in [-0.2, -0.15) is 18.2 Å². The molecule has 27 heavy (non-hydrogen) atoms. The average molecular weight is 376 g/mol. The SMILES string of the molecule is O=C(CCCc1nc(-c2ccncc2)no1)Nc1cccc(C(F)(F)F)c1. The highest BCUT2D eigenvalue weighted by atomic mass is 19.4. The predicted molar refractivity (Wildman–Crippen MR) is 90.5 cm³/mol. The molecule has 0 unspecified atom stereocenters. The van der Waals surface area contributed by atoms with Crippen LogP contribution in [-0.2, 0) is 17.4 Å². The molecule has 0 atom stereocenters. The first-order valence-electron chi connectivity index (χ1n) is 8.12. The van der Waals surface area contributed by atoms with Crippen LogP contribution in [0.4, 0.5) is 18.9 Å². The molecule has 6 nitrogen and oxygen atoms in total. The van der Waals surface area contributed by atoms with E-state index in [1.54, 1.807) is 24.5 Å². The van der Waals surface area contributed by atoms with Gasteiger partial charge < -0.3 is 9.84 Å². The van der Waals surface area contributed by atoms with E-state index in [9.17, 15) is 18.0 Å². The number of hydrogen-bond acceptors (Lipinski definition) is 5. The zero-order valence-electron chi connectivity index (χ0n) is 14.0. The highest BCUT2D eigenvalue weighted by Crippen LogP contribution is 2.30. The van der Waals surface area contributed by atoms with Gasteiger partial charge >= 0.3 is 6.18 Å². The number of pyridine rings is 1. The summed E-state index contributed by atoms with van der Waals surface area (Å²) in [5.74, 6) is 0.428. The van der Waals surface area contributed by atoms with E-state index in [0.29, 0.717) is 24.6 Å². The maximum Gasteiger partial charge on any atom is 0.416 e. The third-order valence-corrected chi connectivity index (χ3v) is 3.67. The molecule has 0 saturated heterocycles. The minimum atomic E-state index is -4.45. The molecule has 3 aromatic rings. The van der Waals surface area contributed by atoms with Gasteiger partial charge in [-0.25, -0.2) is 0 Å². The van der Waals surface area contributed by atoms with Gasteiger partial charge in [-0.1, -0.05) is 11.2 Å². The van der Waals surface area contributed by atoms with E-state index in [1.165, 1.54) is 12.1 Å². The van der Waals surface area contributed by atoms with Crippen LogP contribution in [0.5, 0.6) is 0 Å². The third kappa shape index (κ3) is 5.13. The summed E-state index contributed by atoms with van der Waals surface area (Å²) in [7, 11) is 0. The first-order chi connectivity index (χ1) is 12.9. The largest absolute Gasteiger partial charge is 0.416 e. The lowest BCUT2D eigenvalue weighted by Gasteiger charge is -2.09. The van der Waals surface area contributed by atoms with Crippen molar-refractivity contribution in [2.45, 2.75) is 25.4 Å². The van der Waals surface area contributed by atoms with Gasteiger partial charge in [-0.3, -0.25) is 9.78 Å². The Balaban J connectivity index is 1.50. The lowest BCUT2D eigenvalue weighted by molar-refractivity contribution is -0.137. The number of halogens is 3. The number of aryl methyl sites for hydroxylation is 1. The van der Waals surface area contributed by atoms with Gasteiger partial charge in [-0.15, -0.1) is 0 Å². The number of carbonyl (C=O) groups is 1. The van der Waals surface area contributed by atoms with Crippen molar-refractivity contribution in [1.82, 2.24) is 15.1 Å². The number of anilines is 1. The molecule has 0 fully saturated rings. The van der Waals surface area contributed by atoms with Crippen LogP contribution in [-0.4, -0.2) is 21.0 Å². The van der Waals surface area contributed by atoms with Crippen molar-refractivity contribution in [2.24, 2.45) is 0 Å². The van der Waals surface area contributed by atoms with Gasteiger partial charge in [0.15, 0.2) is 0 Å². The number of hydrogen-bond donors (Lipinski definition) is 1. The summed E-state index contributed by atoms with van der Waals surface area (Å²) >= 11 is 0. The molecular formula is C18H15F3N4O2. The van der Waals surface area contributed by atoms with E-state index in [1.807, 2.05) is 0 Å². The minimum Gasteiger partial charge on any atom is -0.339 e. The van der Waals surface area contributed by atoms with Crippen LogP contribution < -0.4 is 5.32 Å². The number of amides is 1. The first-order valence-corrected chi connectivity index (χ1v) is 8.12. The second kappa shape index (κ2) is 7.98. The van der Waals surface area contributed by atoms with E-state index in [4.69, 9.17) is 4.52 Å². The van der Waals surface area contributed by atoms with Crippen LogP contribution in [0.3, 0.4) is 0 Å². The molecule has 140 valence electrons. The zero-order chi connectivity index (χ0) is 19.3. The zero-order valence-corrected chi connectivity index (χ0v) is 14.0. The number of rotatable bonds is 6. The van der Waals surface area contributed by atoms with Crippen LogP contribution >= 0.6 is 0 Å². The Morgan fingerprint density at radius 2 is 1.93 bits per heavy atom. The monoisotopic (exact) mass is 376 g/mol. The van der Waals surface area contributed by atoms with Gasteiger partial charge in [0.1, 0.15) is 0 Å². The van der Waals surface area contributed by atoms with Crippen LogP contribution in [0.25, 0.3) is 11.4 Å². The normalized spacial score (nSPS) is 11.4. The topological polar surface area (TPSA) is 80.9 Å². The lowest BCUT2D eigenvalue weighted by Crippen LogP contribution is -2.13. The molecule has 0 radical (unpaired) electrons. The molecule has 1 N–H and O–H groups in total. The van der Waals surface area contributed by atoms with Crippen molar-refractivity contribution in [1.29, 1.82) is 0 Å². The second-order valence-electron chi connectivity index (χ2n) is 5.73. The number of nitrogens with one attached hydrogen (secondary N) is 1. The molecular weight excluding hydrogens is 361 g/mol. The Bertz CT molecular complexity index is 910. The van der Waals surface area contributed by atoms with Crippen LogP contribution in [0, 0.1) is 0 Å². The van der Waals surface area contributed by atoms with E-state index in [0.717, 1.165) is 17.7 Å². The van der Waals surface area contributed by atoms with Crippen molar-refractivity contribution < 1.29 is 22.5 Å². The fraction of sp³-hybridized carbons (Fsp3) is 0.222. The molecule has 0 aliphatic rings. The molecule has 0 saturated carbocycles. The summed E-state index contributed by atoms with van der Waals surface area (Å²) in [5, 5.41) is 6.32. The average Bonchev–Trinajstić information content (AvgIpc) is 3.11. The summed E-state index contributed by atoms with van der Waals surface area (Å²) in [6, 6.07) is 8.00. The van der Waals surface area contributed by atoms with Gasteiger partial charge in [0, 0.05) is 36.5 Å². The fourth-order valence-electron chi connectivity index (χ4n) is 2.37. The molecule has 2 heterocycles. The first kappa shape index (κ1) is 18.6. The Labute approximate surface area is 152 Å². The Morgan fingerprint density at radius 3 is 2.67 bits per heavy atom. The van der Waals surface area contributed by atoms with Crippen LogP contribution in [0.1, 0.15) is 24.3 Å². The maximum atomic E-state index is 12.7. The third-order valence-electron chi connectivity index (χ3n) is 3.67.